The van der Waals surface area contributed by atoms with Gasteiger partial charge in [0.1, 0.15) is 11.6 Å². The van der Waals surface area contributed by atoms with Gasteiger partial charge in [-0.15, -0.1) is 12.4 Å². The van der Waals surface area contributed by atoms with Gasteiger partial charge in [-0.25, -0.2) is 8.78 Å². The summed E-state index contributed by atoms with van der Waals surface area (Å²) in [7, 11) is 0. The number of amides is 1. The van der Waals surface area contributed by atoms with Crippen LogP contribution in [0.1, 0.15) is 16.8 Å². The number of rotatable bonds is 3. The number of nitrogens with one attached hydrogen (secondary N) is 2. The van der Waals surface area contributed by atoms with Gasteiger partial charge in [0.15, 0.2) is 0 Å². The molecule has 0 aliphatic carbocycles. The van der Waals surface area contributed by atoms with Crippen LogP contribution in [0.3, 0.4) is 0 Å². The summed E-state index contributed by atoms with van der Waals surface area (Å²) in [5.74, 6) is -1.93. The zero-order valence-electron chi connectivity index (χ0n) is 10.2. The number of benzene rings is 1. The molecule has 3 nitrogen and oxygen atoms in total. The second kappa shape index (κ2) is 7.21. The topological polar surface area (TPSA) is 41.1 Å². The van der Waals surface area contributed by atoms with Crippen molar-refractivity contribution in [3.05, 3.63) is 47.0 Å². The van der Waals surface area contributed by atoms with E-state index < -0.39 is 17.5 Å². The van der Waals surface area contributed by atoms with Crippen molar-refractivity contribution in [2.24, 2.45) is 0 Å². The Balaban J connectivity index is 0.00000180. The monoisotopic (exact) mass is 288 g/mol. The van der Waals surface area contributed by atoms with Crippen molar-refractivity contribution in [1.82, 2.24) is 10.6 Å². The number of hydrogen-bond donors (Lipinski definition) is 2. The number of carbonyl (C=O) groups is 1. The third kappa shape index (κ3) is 4.29. The lowest BCUT2D eigenvalue weighted by atomic mass is 10.1. The molecule has 2 N–H and O–H groups in total. The van der Waals surface area contributed by atoms with E-state index in [1.165, 1.54) is 0 Å². The first-order valence-corrected chi connectivity index (χ1v) is 5.78. The molecule has 0 saturated carbocycles. The van der Waals surface area contributed by atoms with Gasteiger partial charge >= 0.3 is 0 Å². The van der Waals surface area contributed by atoms with Crippen molar-refractivity contribution < 1.29 is 13.6 Å². The summed E-state index contributed by atoms with van der Waals surface area (Å²) in [6.07, 6.45) is 2.84. The first-order valence-electron chi connectivity index (χ1n) is 5.78. The smallest absolute Gasteiger partial charge is 0.254 e. The predicted molar refractivity (Wildman–Crippen MR) is 71.5 cm³/mol. The Bertz CT molecular complexity index is 492. The van der Waals surface area contributed by atoms with Crippen molar-refractivity contribution in [1.29, 1.82) is 0 Å². The van der Waals surface area contributed by atoms with Crippen LogP contribution in [0.2, 0.25) is 0 Å². The van der Waals surface area contributed by atoms with Crippen LogP contribution in [0.25, 0.3) is 0 Å². The van der Waals surface area contributed by atoms with Gasteiger partial charge in [-0.2, -0.15) is 0 Å². The molecule has 1 aliphatic heterocycles. The summed E-state index contributed by atoms with van der Waals surface area (Å²) in [5.41, 5.74) is 0.837. The zero-order chi connectivity index (χ0) is 13.0. The van der Waals surface area contributed by atoms with E-state index in [2.05, 4.69) is 10.6 Å². The van der Waals surface area contributed by atoms with Crippen LogP contribution in [-0.2, 0) is 0 Å². The fourth-order valence-corrected chi connectivity index (χ4v) is 1.79. The fourth-order valence-electron chi connectivity index (χ4n) is 1.79. The molecule has 0 unspecified atom stereocenters. The Morgan fingerprint density at radius 1 is 1.37 bits per heavy atom. The lowest BCUT2D eigenvalue weighted by Crippen LogP contribution is -2.30. The van der Waals surface area contributed by atoms with Gasteiger partial charge in [0.2, 0.25) is 0 Å². The van der Waals surface area contributed by atoms with Crippen LogP contribution in [0.15, 0.2) is 29.8 Å². The van der Waals surface area contributed by atoms with E-state index in [4.69, 9.17) is 0 Å². The average Bonchev–Trinajstić information content (AvgIpc) is 2.40. The molecule has 1 aliphatic rings. The van der Waals surface area contributed by atoms with Crippen LogP contribution in [0.4, 0.5) is 8.78 Å². The molecule has 0 atom stereocenters. The number of halogens is 3. The van der Waals surface area contributed by atoms with E-state index in [1.807, 2.05) is 6.08 Å². The molecule has 0 spiro atoms. The van der Waals surface area contributed by atoms with E-state index in [9.17, 15) is 13.6 Å². The SMILES string of the molecule is Cl.O=C(NCC1=CCNCC1)c1cc(F)ccc1F. The molecular formula is C13H15ClF2N2O. The second-order valence-corrected chi connectivity index (χ2v) is 4.12. The molecule has 1 heterocycles. The molecule has 0 fully saturated rings. The molecule has 1 amide bonds. The van der Waals surface area contributed by atoms with Crippen molar-refractivity contribution in [2.75, 3.05) is 19.6 Å². The Kier molecular flexibility index (Phi) is 5.92. The average molecular weight is 289 g/mol. The van der Waals surface area contributed by atoms with E-state index in [0.29, 0.717) is 6.54 Å². The van der Waals surface area contributed by atoms with Crippen LogP contribution >= 0.6 is 12.4 Å². The normalized spacial score (nSPS) is 14.3. The Hall–Kier alpha value is -1.46. The molecule has 0 aromatic heterocycles. The molecular weight excluding hydrogens is 274 g/mol. The summed E-state index contributed by atoms with van der Waals surface area (Å²) in [6.45, 7) is 2.02. The molecule has 1 aromatic carbocycles. The first kappa shape index (κ1) is 15.6. The lowest BCUT2D eigenvalue weighted by molar-refractivity contribution is 0.0952. The molecule has 19 heavy (non-hydrogen) atoms. The lowest BCUT2D eigenvalue weighted by Gasteiger charge is -2.14. The maximum atomic E-state index is 13.3. The zero-order valence-corrected chi connectivity index (χ0v) is 11.0. The maximum Gasteiger partial charge on any atom is 0.254 e. The third-order valence-corrected chi connectivity index (χ3v) is 2.81. The van der Waals surface area contributed by atoms with Crippen molar-refractivity contribution in [3.63, 3.8) is 0 Å². The molecule has 6 heteroatoms. The van der Waals surface area contributed by atoms with Gasteiger partial charge in [-0.1, -0.05) is 11.6 Å². The standard InChI is InChI=1S/C13H14F2N2O.ClH/c14-10-1-2-12(15)11(7-10)13(18)17-8-9-3-5-16-6-4-9;/h1-3,7,16H,4-6,8H2,(H,17,18);1H. The van der Waals surface area contributed by atoms with Gasteiger partial charge in [-0.05, 0) is 31.2 Å². The second-order valence-electron chi connectivity index (χ2n) is 4.12. The van der Waals surface area contributed by atoms with Crippen molar-refractivity contribution in [2.45, 2.75) is 6.42 Å². The van der Waals surface area contributed by atoms with Crippen molar-refractivity contribution >= 4 is 18.3 Å². The summed E-state index contributed by atoms with van der Waals surface area (Å²) in [4.78, 5) is 11.7. The summed E-state index contributed by atoms with van der Waals surface area (Å²) >= 11 is 0. The number of carbonyl (C=O) groups excluding carboxylic acids is 1. The van der Waals surface area contributed by atoms with Gasteiger partial charge < -0.3 is 10.6 Å². The first-order chi connectivity index (χ1) is 8.66. The van der Waals surface area contributed by atoms with E-state index in [-0.39, 0.29) is 18.0 Å². The van der Waals surface area contributed by atoms with Gasteiger partial charge in [-0.3, -0.25) is 4.79 Å². The minimum Gasteiger partial charge on any atom is -0.348 e. The van der Waals surface area contributed by atoms with Crippen LogP contribution in [0, 0.1) is 11.6 Å². The van der Waals surface area contributed by atoms with Crippen LogP contribution in [-0.4, -0.2) is 25.5 Å². The van der Waals surface area contributed by atoms with Gasteiger partial charge in [0, 0.05) is 13.1 Å². The quantitative estimate of drug-likeness (QED) is 0.836. The highest BCUT2D eigenvalue weighted by atomic mass is 35.5. The molecule has 2 rings (SSSR count). The predicted octanol–water partition coefficient (Wildman–Crippen LogP) is 2.04. The molecule has 0 saturated heterocycles. The largest absolute Gasteiger partial charge is 0.348 e. The minimum atomic E-state index is -0.715. The molecule has 0 radical (unpaired) electrons. The van der Waals surface area contributed by atoms with Gasteiger partial charge in [0.05, 0.1) is 5.56 Å². The third-order valence-electron chi connectivity index (χ3n) is 2.81. The summed E-state index contributed by atoms with van der Waals surface area (Å²) in [6, 6.07) is 2.84. The fraction of sp³-hybridized carbons (Fsp3) is 0.308. The summed E-state index contributed by atoms with van der Waals surface area (Å²) in [5, 5.41) is 5.75. The molecule has 0 bridgehead atoms. The Morgan fingerprint density at radius 3 is 2.84 bits per heavy atom. The van der Waals surface area contributed by atoms with E-state index in [0.717, 1.165) is 43.3 Å². The van der Waals surface area contributed by atoms with Gasteiger partial charge in [0.25, 0.3) is 5.91 Å². The minimum absolute atomic E-state index is 0. The highest BCUT2D eigenvalue weighted by molar-refractivity contribution is 5.94. The molecule has 104 valence electrons. The Labute approximate surface area is 116 Å². The maximum absolute atomic E-state index is 13.3. The highest BCUT2D eigenvalue weighted by Crippen LogP contribution is 2.10. The summed E-state index contributed by atoms with van der Waals surface area (Å²) < 4.78 is 26.3. The van der Waals surface area contributed by atoms with Crippen LogP contribution in [0.5, 0.6) is 0 Å². The van der Waals surface area contributed by atoms with Crippen molar-refractivity contribution in [3.8, 4) is 0 Å². The van der Waals surface area contributed by atoms with E-state index in [1.54, 1.807) is 0 Å². The Morgan fingerprint density at radius 2 is 2.16 bits per heavy atom. The van der Waals surface area contributed by atoms with Crippen LogP contribution < -0.4 is 10.6 Å². The van der Waals surface area contributed by atoms with E-state index >= 15 is 0 Å². The highest BCUT2D eigenvalue weighted by Gasteiger charge is 2.13. The molecule has 1 aromatic rings. The number of hydrogen-bond acceptors (Lipinski definition) is 2.